The van der Waals surface area contributed by atoms with Crippen molar-refractivity contribution in [3.05, 3.63) is 83.4 Å². The molecule has 5 aliphatic heterocycles. The fourth-order valence-electron chi connectivity index (χ4n) is 12.1. The topological polar surface area (TPSA) is 200 Å². The van der Waals surface area contributed by atoms with Crippen molar-refractivity contribution in [2.75, 3.05) is 75.1 Å². The molecule has 8 atom stereocenters. The van der Waals surface area contributed by atoms with Gasteiger partial charge in [-0.15, -0.1) is 0 Å². The van der Waals surface area contributed by atoms with E-state index in [9.17, 15) is 28.8 Å². The minimum absolute atomic E-state index is 0.0186. The van der Waals surface area contributed by atoms with Crippen LogP contribution in [-0.2, 0) is 38.1 Å². The van der Waals surface area contributed by atoms with Gasteiger partial charge in [0.2, 0.25) is 23.6 Å². The number of carbonyl (C=O) groups is 6. The molecule has 5 fully saturated rings. The van der Waals surface area contributed by atoms with Gasteiger partial charge in [0.05, 0.1) is 46.6 Å². The van der Waals surface area contributed by atoms with E-state index in [0.717, 1.165) is 23.2 Å². The molecule has 0 aromatic heterocycles. The van der Waals surface area contributed by atoms with Gasteiger partial charge in [-0.1, -0.05) is 49.2 Å². The number of benzene rings is 3. The molecule has 21 heteroatoms. The minimum atomic E-state index is -1.36. The van der Waals surface area contributed by atoms with E-state index >= 15 is 8.78 Å². The number of nitrogens with one attached hydrogen (secondary N) is 4. The van der Waals surface area contributed by atoms with Crippen LogP contribution in [-0.4, -0.2) is 145 Å². The first kappa shape index (κ1) is 54.9. The predicted molar refractivity (Wildman–Crippen MR) is 281 cm³/mol. The number of likely N-dealkylation sites (tertiary alicyclic amines) is 2. The monoisotopic (exact) mass is 1060 g/mol. The molecule has 406 valence electrons. The largest absolute Gasteiger partial charge is 0.453 e. The highest BCUT2D eigenvalue weighted by Gasteiger charge is 2.44. The Morgan fingerprint density at radius 2 is 0.987 bits per heavy atom. The molecule has 0 bridgehead atoms. The van der Waals surface area contributed by atoms with Gasteiger partial charge in [0.25, 0.3) is 0 Å². The molecule has 8 rings (SSSR count). The normalized spacial score (nSPS) is 22.8. The third-order valence-electron chi connectivity index (χ3n) is 16.4. The summed E-state index contributed by atoms with van der Waals surface area (Å²) in [5.41, 5.74) is 3.11. The van der Waals surface area contributed by atoms with Gasteiger partial charge >= 0.3 is 12.2 Å². The molecule has 0 unspecified atom stereocenters. The van der Waals surface area contributed by atoms with Crippen molar-refractivity contribution in [1.29, 1.82) is 0 Å². The van der Waals surface area contributed by atoms with Gasteiger partial charge in [0.1, 0.15) is 29.9 Å². The van der Waals surface area contributed by atoms with E-state index in [4.69, 9.17) is 18.9 Å². The number of anilines is 4. The van der Waals surface area contributed by atoms with E-state index < -0.39 is 80.1 Å². The maximum absolute atomic E-state index is 16.6. The van der Waals surface area contributed by atoms with Crippen LogP contribution >= 0.6 is 0 Å². The molecule has 1 spiro atoms. The second kappa shape index (κ2) is 24.1. The maximum Gasteiger partial charge on any atom is 0.407 e. The average molecular weight is 1060 g/mol. The molecule has 0 saturated carbocycles. The smallest absolute Gasteiger partial charge is 0.407 e. The molecule has 18 nitrogen and oxygen atoms in total. The minimum Gasteiger partial charge on any atom is -0.453 e. The number of alkyl carbamates (subject to hydrolysis) is 2. The Morgan fingerprint density at radius 3 is 1.37 bits per heavy atom. The second-order valence-electron chi connectivity index (χ2n) is 20.7. The van der Waals surface area contributed by atoms with Crippen molar-refractivity contribution in [3.63, 3.8) is 0 Å². The number of hydrogen-bond acceptors (Lipinski definition) is 12. The Kier molecular flexibility index (Phi) is 17.7. The summed E-state index contributed by atoms with van der Waals surface area (Å²) in [5, 5.41) is 11.0. The molecule has 3 aromatic rings. The SMILES string of the molecule is COC(=O)N[C@H](C(=O)N1CCC[C@H]1C(=O)Nc1ccc([C@@H]2CC[C@@H](c3ccc(NC(=O)[C@@H]4CCCN4C(=O)[C@@H](NC(=O)OC)[C@@H](C)OC)cc3)N2c2cc(F)c(N3CC[Si]4(CCCC4)CC3)c(F)c2)cc1)[C@@H](C)OC. The van der Waals surface area contributed by atoms with Crippen LogP contribution in [0.15, 0.2) is 60.7 Å². The van der Waals surface area contributed by atoms with E-state index in [0.29, 0.717) is 81.8 Å². The van der Waals surface area contributed by atoms with Crippen LogP contribution in [0.1, 0.15) is 88.4 Å². The molecular formula is C54H72F2N8O10Si. The number of hydrogen-bond donors (Lipinski definition) is 4. The van der Waals surface area contributed by atoms with E-state index in [1.807, 2.05) is 29.2 Å². The first-order valence-corrected chi connectivity index (χ1v) is 29.1. The highest BCUT2D eigenvalue weighted by Crippen LogP contribution is 2.49. The van der Waals surface area contributed by atoms with Crippen LogP contribution in [0.4, 0.5) is 41.1 Å². The zero-order valence-electron chi connectivity index (χ0n) is 43.8. The Hall–Kier alpha value is -6.32. The van der Waals surface area contributed by atoms with Gasteiger partial charge in [-0.25, -0.2) is 18.4 Å². The molecule has 4 N–H and O–H groups in total. The first-order valence-electron chi connectivity index (χ1n) is 26.3. The predicted octanol–water partition coefficient (Wildman–Crippen LogP) is 7.49. The van der Waals surface area contributed by atoms with Crippen LogP contribution in [0.3, 0.4) is 0 Å². The van der Waals surface area contributed by atoms with E-state index in [1.54, 1.807) is 38.1 Å². The molecule has 5 aliphatic rings. The van der Waals surface area contributed by atoms with Crippen LogP contribution in [0, 0.1) is 11.6 Å². The highest BCUT2D eigenvalue weighted by molar-refractivity contribution is 6.80. The second-order valence-corrected chi connectivity index (χ2v) is 25.7. The van der Waals surface area contributed by atoms with Crippen LogP contribution in [0.25, 0.3) is 0 Å². The molecule has 0 aliphatic carbocycles. The lowest BCUT2D eigenvalue weighted by Crippen LogP contribution is -2.56. The van der Waals surface area contributed by atoms with Crippen molar-refractivity contribution >= 4 is 66.6 Å². The summed E-state index contributed by atoms with van der Waals surface area (Å²) in [7, 11) is 3.89. The summed E-state index contributed by atoms with van der Waals surface area (Å²) >= 11 is 0. The number of ether oxygens (including phenoxy) is 4. The average Bonchev–Trinajstić information content (AvgIpc) is 4.28. The number of nitrogens with zero attached hydrogens (tertiary/aromatic N) is 4. The summed E-state index contributed by atoms with van der Waals surface area (Å²) < 4.78 is 53.4. The fraction of sp³-hybridized carbons (Fsp3) is 0.556. The summed E-state index contributed by atoms with van der Waals surface area (Å²) in [6.45, 7) is 5.25. The summed E-state index contributed by atoms with van der Waals surface area (Å²) in [6.07, 6.45) is 2.82. The van der Waals surface area contributed by atoms with Gasteiger partial charge in [-0.3, -0.25) is 19.2 Å². The summed E-state index contributed by atoms with van der Waals surface area (Å²) in [6, 6.07) is 17.9. The van der Waals surface area contributed by atoms with Crippen LogP contribution in [0.5, 0.6) is 0 Å². The Labute approximate surface area is 438 Å². The van der Waals surface area contributed by atoms with E-state index in [1.165, 1.54) is 75.3 Å². The fourth-order valence-corrected chi connectivity index (χ4v) is 17.0. The van der Waals surface area contributed by atoms with Gasteiger partial charge in [-0.2, -0.15) is 0 Å². The van der Waals surface area contributed by atoms with Gasteiger partial charge in [0.15, 0.2) is 11.6 Å². The van der Waals surface area contributed by atoms with Crippen molar-refractivity contribution in [1.82, 2.24) is 20.4 Å². The van der Waals surface area contributed by atoms with Gasteiger partial charge < -0.3 is 59.8 Å². The lowest BCUT2D eigenvalue weighted by Gasteiger charge is -2.39. The quantitative estimate of drug-likeness (QED) is 0.103. The third kappa shape index (κ3) is 12.0. The Balaban J connectivity index is 1.01. The molecule has 5 saturated heterocycles. The number of amides is 6. The molecule has 0 radical (unpaired) electrons. The zero-order valence-corrected chi connectivity index (χ0v) is 44.8. The maximum atomic E-state index is 16.6. The van der Waals surface area contributed by atoms with Gasteiger partial charge in [0, 0.05) is 57.5 Å². The number of methoxy groups -OCH3 is 4. The molecule has 5 heterocycles. The van der Waals surface area contributed by atoms with Crippen LogP contribution in [0.2, 0.25) is 24.2 Å². The lowest BCUT2D eigenvalue weighted by atomic mass is 10.0. The van der Waals surface area contributed by atoms with Crippen molar-refractivity contribution in [3.8, 4) is 0 Å². The van der Waals surface area contributed by atoms with E-state index in [-0.39, 0.29) is 29.6 Å². The first-order chi connectivity index (χ1) is 36.1. The summed E-state index contributed by atoms with van der Waals surface area (Å²) in [4.78, 5) is 86.2. The van der Waals surface area contributed by atoms with Crippen molar-refractivity contribution < 1.29 is 56.5 Å². The van der Waals surface area contributed by atoms with Crippen molar-refractivity contribution in [2.45, 2.75) is 138 Å². The lowest BCUT2D eigenvalue weighted by molar-refractivity contribution is -0.141. The molecule has 3 aromatic carbocycles. The number of carbonyl (C=O) groups excluding carboxylic acids is 6. The van der Waals surface area contributed by atoms with E-state index in [2.05, 4.69) is 26.2 Å². The molecular weight excluding hydrogens is 987 g/mol. The number of rotatable bonds is 16. The Morgan fingerprint density at radius 1 is 0.573 bits per heavy atom. The van der Waals surface area contributed by atoms with Crippen molar-refractivity contribution in [2.24, 2.45) is 0 Å². The zero-order chi connectivity index (χ0) is 53.6. The molecule has 6 amide bonds. The molecule has 75 heavy (non-hydrogen) atoms. The van der Waals surface area contributed by atoms with Gasteiger partial charge in [-0.05, 0) is 112 Å². The van der Waals surface area contributed by atoms with Crippen LogP contribution < -0.4 is 31.1 Å². The third-order valence-corrected chi connectivity index (χ3v) is 21.8. The Bertz CT molecular complexity index is 2390. The highest BCUT2D eigenvalue weighted by atomic mass is 28.3. The standard InChI is InChI=1S/C54H72F2N8O10Si/c1-33(71-3)46(59-53(69)73-5)51(67)62-23-9-11-44(62)49(65)57-37-17-13-35(14-18-37)42-21-22-43(64(42)39-31-40(55)48(41(56)32-39)61-25-29-75(30-26-61)27-7-8-28-75)36-15-19-38(20-16-36)58-50(66)45-12-10-24-63(45)52(68)47(34(2)72-4)60-54(70)74-6/h13-20,31-34,42-47H,7-12,21-30H2,1-6H3,(H,57,65)(H,58,66)(H,59,69)(H,60,70)/t33-,34-,42+,43+,44+,45+,46+,47+/m1/s1. The summed E-state index contributed by atoms with van der Waals surface area (Å²) in [5.74, 6) is -2.91. The number of halogens is 2.